The number of carboxylic acid groups (broad SMARTS) is 1. The van der Waals surface area contributed by atoms with Crippen LogP contribution >= 0.6 is 0 Å². The monoisotopic (exact) mass is 381 g/mol. The molecule has 0 saturated carbocycles. The number of rotatable bonds is 7. The van der Waals surface area contributed by atoms with Gasteiger partial charge < -0.3 is 14.3 Å². The van der Waals surface area contributed by atoms with Crippen molar-refractivity contribution in [1.29, 1.82) is 0 Å². The maximum Gasteiger partial charge on any atom is 0.203 e. The number of fused-ring (bicyclic) bond motifs is 2. The number of carbonyl (C=O) groups is 1. The van der Waals surface area contributed by atoms with E-state index in [0.29, 0.717) is 6.42 Å². The summed E-state index contributed by atoms with van der Waals surface area (Å²) in [7, 11) is 0. The van der Waals surface area contributed by atoms with Crippen molar-refractivity contribution in [2.45, 2.75) is 65.2 Å². The lowest BCUT2D eigenvalue weighted by Crippen LogP contribution is -2.31. The summed E-state index contributed by atoms with van der Waals surface area (Å²) < 4.78 is 8.64. The number of benzene rings is 1. The highest BCUT2D eigenvalue weighted by Crippen LogP contribution is 2.41. The molecule has 0 fully saturated rings. The van der Waals surface area contributed by atoms with Gasteiger partial charge in [-0.05, 0) is 63.2 Å². The van der Waals surface area contributed by atoms with E-state index in [1.807, 2.05) is 0 Å². The van der Waals surface area contributed by atoms with Crippen molar-refractivity contribution in [3.63, 3.8) is 0 Å². The molecule has 3 aliphatic rings. The van der Waals surface area contributed by atoms with Crippen LogP contribution in [0.3, 0.4) is 0 Å². The van der Waals surface area contributed by atoms with E-state index in [2.05, 4.69) is 62.6 Å². The lowest BCUT2D eigenvalue weighted by Gasteiger charge is -2.31. The average molecular weight is 382 g/mol. The third-order valence-electron chi connectivity index (χ3n) is 5.67. The summed E-state index contributed by atoms with van der Waals surface area (Å²) in [5.74, 6) is 0.927. The number of unbranched alkanes of at least 4 members (excludes halogenated alkanes) is 2. The average Bonchev–Trinajstić information content (AvgIpc) is 2.62. The van der Waals surface area contributed by atoms with E-state index in [4.69, 9.17) is 4.42 Å². The van der Waals surface area contributed by atoms with Crippen LogP contribution in [-0.4, -0.2) is 19.1 Å². The molecule has 150 valence electrons. The third-order valence-corrected chi connectivity index (χ3v) is 5.67. The van der Waals surface area contributed by atoms with Gasteiger partial charge >= 0.3 is 0 Å². The number of nitrogens with zero attached hydrogens (tertiary/aromatic N) is 1. The Kier molecular flexibility index (Phi) is 6.07. The lowest BCUT2D eigenvalue weighted by molar-refractivity contribution is -0.305. The fourth-order valence-corrected chi connectivity index (χ4v) is 4.25. The van der Waals surface area contributed by atoms with E-state index in [9.17, 15) is 9.90 Å². The van der Waals surface area contributed by atoms with Gasteiger partial charge in [0, 0.05) is 29.6 Å². The van der Waals surface area contributed by atoms with Gasteiger partial charge in [-0.15, -0.1) is 0 Å². The molecule has 0 bridgehead atoms. The van der Waals surface area contributed by atoms with Gasteiger partial charge in [-0.3, -0.25) is 0 Å². The SMILES string of the molecule is CC[N+](CCCCCC(=O)[O-])=c1ccc2cc3c(oc-2c1)C=C(C)CC3(C)C. The molecule has 0 amide bonds. The molecular formula is C24H31NO3. The Morgan fingerprint density at radius 3 is 2.71 bits per heavy atom. The van der Waals surface area contributed by atoms with Crippen molar-refractivity contribution in [2.75, 3.05) is 13.1 Å². The van der Waals surface area contributed by atoms with Crippen LogP contribution in [0.25, 0.3) is 17.4 Å². The van der Waals surface area contributed by atoms with E-state index in [0.717, 1.165) is 54.8 Å². The Bertz CT molecular complexity index is 933. The second-order valence-corrected chi connectivity index (χ2v) is 8.56. The number of hydrogen-bond donors (Lipinski definition) is 0. The fourth-order valence-electron chi connectivity index (χ4n) is 4.25. The summed E-state index contributed by atoms with van der Waals surface area (Å²) in [6.07, 6.45) is 5.92. The van der Waals surface area contributed by atoms with Crippen LogP contribution in [-0.2, 0) is 10.2 Å². The Hall–Kier alpha value is -2.36. The third kappa shape index (κ3) is 4.54. The first-order chi connectivity index (χ1) is 13.3. The zero-order chi connectivity index (χ0) is 20.3. The molecule has 3 rings (SSSR count). The van der Waals surface area contributed by atoms with Crippen molar-refractivity contribution in [3.05, 3.63) is 46.5 Å². The number of carbonyl (C=O) groups excluding carboxylic acids is 1. The summed E-state index contributed by atoms with van der Waals surface area (Å²) in [5, 5.41) is 11.7. The smallest absolute Gasteiger partial charge is 0.203 e. The molecule has 0 saturated heterocycles. The summed E-state index contributed by atoms with van der Waals surface area (Å²) in [6.45, 7) is 10.7. The number of carboxylic acids is 1. The molecule has 0 aromatic heterocycles. The zero-order valence-corrected chi connectivity index (χ0v) is 17.5. The minimum atomic E-state index is -0.959. The second kappa shape index (κ2) is 8.34. The van der Waals surface area contributed by atoms with Gasteiger partial charge in [0.15, 0.2) is 0 Å². The van der Waals surface area contributed by atoms with Crippen LogP contribution in [0.1, 0.15) is 71.1 Å². The van der Waals surface area contributed by atoms with E-state index in [1.54, 1.807) is 0 Å². The minimum Gasteiger partial charge on any atom is -0.550 e. The van der Waals surface area contributed by atoms with Gasteiger partial charge in [-0.2, -0.15) is 0 Å². The van der Waals surface area contributed by atoms with Gasteiger partial charge in [0.25, 0.3) is 0 Å². The maximum atomic E-state index is 10.5. The molecule has 0 N–H and O–H groups in total. The van der Waals surface area contributed by atoms with E-state index >= 15 is 0 Å². The van der Waals surface area contributed by atoms with E-state index in [1.165, 1.54) is 11.1 Å². The van der Waals surface area contributed by atoms with Crippen molar-refractivity contribution >= 4 is 12.0 Å². The first kappa shape index (κ1) is 20.4. The van der Waals surface area contributed by atoms with Crippen LogP contribution in [0.5, 0.6) is 0 Å². The molecule has 0 aromatic rings. The number of hydrogen-bond acceptors (Lipinski definition) is 3. The van der Waals surface area contributed by atoms with Crippen molar-refractivity contribution in [3.8, 4) is 11.3 Å². The molecule has 2 aliphatic carbocycles. The molecule has 0 atom stereocenters. The maximum absolute atomic E-state index is 10.5. The first-order valence-electron chi connectivity index (χ1n) is 10.3. The standard InChI is InChI=1S/C24H31NO3/c1-5-25(12-8-6-7-9-23(26)27)19-11-10-18-14-20-22(28-21(18)15-19)13-17(2)16-24(20,3)4/h10-11,13-15H,5-9,12,16H2,1-4H3. The second-order valence-electron chi connectivity index (χ2n) is 8.56. The van der Waals surface area contributed by atoms with Crippen molar-refractivity contribution in [1.82, 2.24) is 4.58 Å². The normalized spacial score (nSPS) is 16.5. The number of aliphatic carboxylic acids is 1. The summed E-state index contributed by atoms with van der Waals surface area (Å²) in [4.78, 5) is 10.5. The van der Waals surface area contributed by atoms with Gasteiger partial charge in [-0.1, -0.05) is 19.4 Å². The van der Waals surface area contributed by atoms with E-state index < -0.39 is 5.97 Å². The quantitative estimate of drug-likeness (QED) is 0.544. The molecule has 0 radical (unpaired) electrons. The summed E-state index contributed by atoms with van der Waals surface area (Å²) in [5.41, 5.74) is 3.85. The van der Waals surface area contributed by atoms with Crippen LogP contribution in [0, 0.1) is 0 Å². The van der Waals surface area contributed by atoms with Crippen LogP contribution in [0.2, 0.25) is 0 Å². The largest absolute Gasteiger partial charge is 0.550 e. The van der Waals surface area contributed by atoms with Gasteiger partial charge in [-0.25, -0.2) is 4.58 Å². The molecule has 0 unspecified atom stereocenters. The summed E-state index contributed by atoms with van der Waals surface area (Å²) >= 11 is 0. The Balaban J connectivity index is 1.90. The molecule has 1 aliphatic heterocycles. The topological polar surface area (TPSA) is 56.3 Å². The van der Waals surface area contributed by atoms with Crippen LogP contribution < -0.4 is 15.0 Å². The molecule has 4 nitrogen and oxygen atoms in total. The molecule has 1 heterocycles. The Morgan fingerprint density at radius 2 is 2.00 bits per heavy atom. The highest BCUT2D eigenvalue weighted by molar-refractivity contribution is 5.66. The lowest BCUT2D eigenvalue weighted by atomic mass is 9.75. The zero-order valence-electron chi connectivity index (χ0n) is 17.5. The van der Waals surface area contributed by atoms with Crippen molar-refractivity contribution < 1.29 is 14.3 Å². The first-order valence-corrected chi connectivity index (χ1v) is 10.3. The molecule has 0 aromatic carbocycles. The van der Waals surface area contributed by atoms with Gasteiger partial charge in [0.1, 0.15) is 24.6 Å². The Morgan fingerprint density at radius 1 is 1.21 bits per heavy atom. The highest BCUT2D eigenvalue weighted by Gasteiger charge is 2.30. The Labute approximate surface area is 167 Å². The molecule has 4 heteroatoms. The fraction of sp³-hybridized carbons (Fsp3) is 0.500. The van der Waals surface area contributed by atoms with Gasteiger partial charge in [0.2, 0.25) is 5.36 Å². The molecule has 28 heavy (non-hydrogen) atoms. The molecule has 0 spiro atoms. The van der Waals surface area contributed by atoms with Crippen LogP contribution in [0.15, 0.2) is 34.3 Å². The predicted molar refractivity (Wildman–Crippen MR) is 111 cm³/mol. The minimum absolute atomic E-state index is 0.0887. The number of allylic oxidation sites excluding steroid dienone is 1. The van der Waals surface area contributed by atoms with Gasteiger partial charge in [0.05, 0.1) is 6.07 Å². The van der Waals surface area contributed by atoms with Crippen molar-refractivity contribution in [2.24, 2.45) is 0 Å². The molecular weight excluding hydrogens is 350 g/mol. The highest BCUT2D eigenvalue weighted by atomic mass is 16.4. The predicted octanol–water partition coefficient (Wildman–Crippen LogP) is 3.57. The van der Waals surface area contributed by atoms with Crippen LogP contribution in [0.4, 0.5) is 0 Å². The summed E-state index contributed by atoms with van der Waals surface area (Å²) in [6, 6.07) is 8.71. The van der Waals surface area contributed by atoms with E-state index in [-0.39, 0.29) is 11.8 Å².